The number of nitrogens with one attached hydrogen (secondary N) is 2. The van der Waals surface area contributed by atoms with Crippen LogP contribution >= 0.6 is 11.8 Å². The maximum absolute atomic E-state index is 13.5. The minimum atomic E-state index is -0.512. The first-order valence-electron chi connectivity index (χ1n) is 14.6. The number of hydrogen-bond donors (Lipinski definition) is 3. The Hall–Kier alpha value is -4.04. The summed E-state index contributed by atoms with van der Waals surface area (Å²) in [5.41, 5.74) is 12.7. The van der Waals surface area contributed by atoms with E-state index >= 15 is 0 Å². The van der Waals surface area contributed by atoms with Crippen molar-refractivity contribution in [1.29, 1.82) is 0 Å². The molecule has 0 radical (unpaired) electrons. The van der Waals surface area contributed by atoms with Crippen molar-refractivity contribution in [2.24, 2.45) is 10.7 Å². The van der Waals surface area contributed by atoms with Crippen LogP contribution in [0.5, 0.6) is 0 Å². The fourth-order valence-electron chi connectivity index (χ4n) is 4.77. The molecule has 4 N–H and O–H groups in total. The predicted molar refractivity (Wildman–Crippen MR) is 178 cm³/mol. The number of carbonyl (C=O) groups is 2. The molecule has 42 heavy (non-hydrogen) atoms. The fourth-order valence-corrected chi connectivity index (χ4v) is 5.62. The lowest BCUT2D eigenvalue weighted by molar-refractivity contribution is 0.100. The Labute approximate surface area is 253 Å². The number of hydrogen-bond acceptors (Lipinski definition) is 5. The molecule has 220 valence electrons. The lowest BCUT2D eigenvalue weighted by atomic mass is 10.1. The number of nitrogens with zero attached hydrogens (tertiary/aromatic N) is 2. The maximum atomic E-state index is 13.5. The number of carbonyl (C=O) groups excluding carboxylic acids is 2. The molecule has 1 aliphatic heterocycles. The van der Waals surface area contributed by atoms with Gasteiger partial charge in [0.2, 0.25) is 0 Å². The van der Waals surface area contributed by atoms with Gasteiger partial charge in [0.15, 0.2) is 0 Å². The molecule has 0 atom stereocenters. The minimum Gasteiger partial charge on any atom is -0.384 e. The van der Waals surface area contributed by atoms with Gasteiger partial charge in [-0.15, -0.1) is 0 Å². The predicted octanol–water partition coefficient (Wildman–Crippen LogP) is 7.31. The summed E-state index contributed by atoms with van der Waals surface area (Å²) in [5, 5.41) is 6.12. The van der Waals surface area contributed by atoms with Crippen LogP contribution in [0, 0.1) is 13.8 Å². The average molecular weight is 584 g/mol. The minimum absolute atomic E-state index is 0.0641. The van der Waals surface area contributed by atoms with E-state index in [1.165, 1.54) is 17.5 Å². The van der Waals surface area contributed by atoms with Gasteiger partial charge in [0, 0.05) is 42.0 Å². The van der Waals surface area contributed by atoms with E-state index in [9.17, 15) is 9.59 Å². The molecule has 0 unspecified atom stereocenters. The van der Waals surface area contributed by atoms with Crippen molar-refractivity contribution in [2.75, 3.05) is 34.4 Å². The molecule has 0 saturated carbocycles. The van der Waals surface area contributed by atoms with E-state index in [-0.39, 0.29) is 11.7 Å². The number of aliphatic imine (C=N–C) groups is 1. The highest BCUT2D eigenvalue weighted by atomic mass is 32.2. The van der Waals surface area contributed by atoms with Crippen molar-refractivity contribution >= 4 is 46.5 Å². The average Bonchev–Trinajstić information content (AvgIpc) is 3.00. The van der Waals surface area contributed by atoms with Crippen LogP contribution in [-0.4, -0.2) is 36.5 Å². The molecule has 1 heterocycles. The lowest BCUT2D eigenvalue weighted by Gasteiger charge is -2.29. The van der Waals surface area contributed by atoms with Gasteiger partial charge in [-0.2, -0.15) is 16.8 Å². The van der Waals surface area contributed by atoms with E-state index in [1.807, 2.05) is 60.3 Å². The van der Waals surface area contributed by atoms with Gasteiger partial charge in [0.25, 0.3) is 11.8 Å². The number of nitrogens with two attached hydrogens (primary N) is 1. The molecule has 4 rings (SSSR count). The summed E-state index contributed by atoms with van der Waals surface area (Å²) in [4.78, 5) is 33.1. The van der Waals surface area contributed by atoms with Gasteiger partial charge in [-0.25, -0.2) is 0 Å². The summed E-state index contributed by atoms with van der Waals surface area (Å²) in [7, 11) is 0. The quantitative estimate of drug-likeness (QED) is 0.124. The number of aryl methyl sites for hydroxylation is 2. The molecule has 2 amide bonds. The fraction of sp³-hybridized carbons (Fsp3) is 0.324. The van der Waals surface area contributed by atoms with E-state index < -0.39 is 5.91 Å². The van der Waals surface area contributed by atoms with E-state index in [2.05, 4.69) is 41.3 Å². The molecule has 0 aromatic heterocycles. The van der Waals surface area contributed by atoms with Gasteiger partial charge < -0.3 is 21.3 Å². The Balaban J connectivity index is 1.54. The van der Waals surface area contributed by atoms with Gasteiger partial charge in [-0.1, -0.05) is 25.1 Å². The summed E-state index contributed by atoms with van der Waals surface area (Å²) in [5.74, 6) is 1.21. The van der Waals surface area contributed by atoms with Crippen molar-refractivity contribution in [3.8, 4) is 0 Å². The maximum Gasteiger partial charge on any atom is 0.281 e. The highest BCUT2D eigenvalue weighted by Gasteiger charge is 2.19. The molecule has 1 fully saturated rings. The first kappa shape index (κ1) is 30.9. The molecule has 8 heteroatoms. The van der Waals surface area contributed by atoms with Gasteiger partial charge in [0.05, 0.1) is 11.3 Å². The molecule has 1 aliphatic rings. The van der Waals surface area contributed by atoms with E-state index in [0.29, 0.717) is 16.8 Å². The van der Waals surface area contributed by atoms with E-state index in [1.54, 1.807) is 24.4 Å². The Morgan fingerprint density at radius 1 is 1.00 bits per heavy atom. The summed E-state index contributed by atoms with van der Waals surface area (Å²) < 4.78 is 0. The Kier molecular flexibility index (Phi) is 11.2. The number of amides is 2. The first-order valence-corrected chi connectivity index (χ1v) is 15.8. The number of amidine groups is 1. The van der Waals surface area contributed by atoms with Crippen LogP contribution in [0.2, 0.25) is 0 Å². The molecule has 3 aromatic rings. The summed E-state index contributed by atoms with van der Waals surface area (Å²) in [6.45, 7) is 8.13. The highest BCUT2D eigenvalue weighted by Crippen LogP contribution is 2.27. The first-order chi connectivity index (χ1) is 20.3. The molecular weight excluding hydrogens is 542 g/mol. The molecule has 0 bridgehead atoms. The molecular formula is C34H41N5O2S. The highest BCUT2D eigenvalue weighted by molar-refractivity contribution is 7.98. The van der Waals surface area contributed by atoms with Crippen LogP contribution in [0.1, 0.15) is 70.0 Å². The molecule has 0 aliphatic carbocycles. The molecule has 0 spiro atoms. The molecule has 1 saturated heterocycles. The second kappa shape index (κ2) is 15.3. The molecule has 7 nitrogen and oxygen atoms in total. The largest absolute Gasteiger partial charge is 0.384 e. The number of anilines is 3. The standard InChI is InChI=1S/C34H41N5O2S/c1-4-19-42-23-26-9-8-10-27(21-26)33(40)37-31-14-13-29(39-17-6-5-7-18-39)22-30(31)34(41)38-32(35)15-16-36-28-12-11-24(2)25(3)20-28/h8-16,20-22,36H,4-7,17-19,23H2,1-3H3,(H,37,40)(H2,35,38,41)/b16-15-. The van der Waals surface area contributed by atoms with Crippen LogP contribution in [0.25, 0.3) is 0 Å². The third kappa shape index (κ3) is 8.73. The lowest BCUT2D eigenvalue weighted by Crippen LogP contribution is -2.29. The number of rotatable bonds is 11. The summed E-state index contributed by atoms with van der Waals surface area (Å²) in [6, 6.07) is 19.2. The Morgan fingerprint density at radius 3 is 2.57 bits per heavy atom. The molecule has 3 aromatic carbocycles. The van der Waals surface area contributed by atoms with Crippen LogP contribution in [-0.2, 0) is 5.75 Å². The number of benzene rings is 3. The van der Waals surface area contributed by atoms with Crippen LogP contribution in [0.4, 0.5) is 17.1 Å². The van der Waals surface area contributed by atoms with Gasteiger partial charge in [-0.05, 0) is 111 Å². The normalized spacial score (nSPS) is 13.8. The number of thioether (sulfide) groups is 1. The van der Waals surface area contributed by atoms with Crippen molar-refractivity contribution < 1.29 is 9.59 Å². The number of piperidine rings is 1. The van der Waals surface area contributed by atoms with Gasteiger partial charge in [0.1, 0.15) is 5.84 Å². The van der Waals surface area contributed by atoms with Crippen molar-refractivity contribution in [3.63, 3.8) is 0 Å². The van der Waals surface area contributed by atoms with E-state index in [0.717, 1.165) is 60.8 Å². The Morgan fingerprint density at radius 2 is 1.81 bits per heavy atom. The Bertz CT molecular complexity index is 1460. The zero-order chi connectivity index (χ0) is 29.9. The monoisotopic (exact) mass is 583 g/mol. The zero-order valence-corrected chi connectivity index (χ0v) is 25.6. The van der Waals surface area contributed by atoms with Crippen molar-refractivity contribution in [3.05, 3.63) is 101 Å². The van der Waals surface area contributed by atoms with Crippen LogP contribution in [0.15, 0.2) is 77.9 Å². The topological polar surface area (TPSA) is 99.8 Å². The van der Waals surface area contributed by atoms with Crippen LogP contribution < -0.4 is 21.3 Å². The zero-order valence-electron chi connectivity index (χ0n) is 24.8. The third-order valence-electron chi connectivity index (χ3n) is 7.25. The van der Waals surface area contributed by atoms with Gasteiger partial charge >= 0.3 is 0 Å². The summed E-state index contributed by atoms with van der Waals surface area (Å²) in [6.07, 6.45) is 7.75. The van der Waals surface area contributed by atoms with Crippen LogP contribution in [0.3, 0.4) is 0 Å². The second-order valence-corrected chi connectivity index (χ2v) is 11.7. The van der Waals surface area contributed by atoms with Gasteiger partial charge in [-0.3, -0.25) is 9.59 Å². The van der Waals surface area contributed by atoms with E-state index in [4.69, 9.17) is 5.73 Å². The third-order valence-corrected chi connectivity index (χ3v) is 8.49. The SMILES string of the molecule is CCCSCc1cccc(C(=O)Nc2ccc(N3CCCCC3)cc2C(=O)N=C(N)/C=C\Nc2ccc(C)c(C)c2)c1. The smallest absolute Gasteiger partial charge is 0.281 e. The summed E-state index contributed by atoms with van der Waals surface area (Å²) >= 11 is 1.85. The second-order valence-electron chi connectivity index (χ2n) is 10.6. The van der Waals surface area contributed by atoms with Crippen molar-refractivity contribution in [1.82, 2.24) is 0 Å². The van der Waals surface area contributed by atoms with Crippen molar-refractivity contribution in [2.45, 2.75) is 52.2 Å².